The van der Waals surface area contributed by atoms with Crippen molar-refractivity contribution >= 4 is 11.6 Å². The van der Waals surface area contributed by atoms with Gasteiger partial charge >= 0.3 is 6.18 Å². The summed E-state index contributed by atoms with van der Waals surface area (Å²) >= 11 is 0. The van der Waals surface area contributed by atoms with Crippen LogP contribution in [0.2, 0.25) is 0 Å². The fraction of sp³-hybridized carbons (Fsp3) is 0.160. The maximum Gasteiger partial charge on any atom is 0.416 e. The maximum atomic E-state index is 14.8. The minimum absolute atomic E-state index is 0.250. The van der Waals surface area contributed by atoms with Crippen LogP contribution in [0.1, 0.15) is 34.2 Å². The molecule has 168 valence electrons. The lowest BCUT2D eigenvalue weighted by Crippen LogP contribution is -2.66. The van der Waals surface area contributed by atoms with Gasteiger partial charge in [0.05, 0.1) is 17.5 Å². The van der Waals surface area contributed by atoms with Crippen LogP contribution in [0.15, 0.2) is 78.9 Å². The van der Waals surface area contributed by atoms with Crippen molar-refractivity contribution in [2.75, 3.05) is 0 Å². The zero-order valence-electron chi connectivity index (χ0n) is 17.0. The van der Waals surface area contributed by atoms with E-state index in [4.69, 9.17) is 0 Å². The van der Waals surface area contributed by atoms with Gasteiger partial charge in [-0.1, -0.05) is 48.5 Å². The third kappa shape index (κ3) is 3.65. The highest BCUT2D eigenvalue weighted by Gasteiger charge is 2.54. The van der Waals surface area contributed by atoms with Gasteiger partial charge in [-0.15, -0.1) is 0 Å². The van der Waals surface area contributed by atoms with Crippen molar-refractivity contribution in [3.8, 4) is 0 Å². The second-order valence-corrected chi connectivity index (χ2v) is 8.01. The zero-order valence-corrected chi connectivity index (χ0v) is 17.0. The van der Waals surface area contributed by atoms with Gasteiger partial charge in [0, 0.05) is 17.8 Å². The van der Waals surface area contributed by atoms with Gasteiger partial charge in [0.2, 0.25) is 0 Å². The number of alkyl halides is 3. The molecule has 0 radical (unpaired) electrons. The van der Waals surface area contributed by atoms with Crippen molar-refractivity contribution in [2.24, 2.45) is 0 Å². The number of benzene rings is 3. The van der Waals surface area contributed by atoms with E-state index in [1.54, 1.807) is 4.90 Å². The van der Waals surface area contributed by atoms with E-state index in [0.717, 1.165) is 23.8 Å². The number of carbonyl (C=O) groups is 1. The SMILES string of the molecule is O=C1C=C(c2ccc(C(F)(F)F)cc2)NC2C(c3ccc(F)cc3F)C(c3ccccc3)N12. The first-order chi connectivity index (χ1) is 15.7. The van der Waals surface area contributed by atoms with E-state index in [1.807, 2.05) is 30.3 Å². The van der Waals surface area contributed by atoms with Crippen LogP contribution < -0.4 is 5.32 Å². The summed E-state index contributed by atoms with van der Waals surface area (Å²) in [5.41, 5.74) is 0.991. The van der Waals surface area contributed by atoms with E-state index in [2.05, 4.69) is 5.32 Å². The van der Waals surface area contributed by atoms with Crippen molar-refractivity contribution in [1.82, 2.24) is 10.2 Å². The second-order valence-electron chi connectivity index (χ2n) is 8.01. The molecule has 3 unspecified atom stereocenters. The summed E-state index contributed by atoms with van der Waals surface area (Å²) in [5, 5.41) is 3.17. The first-order valence-electron chi connectivity index (χ1n) is 10.2. The molecule has 3 aromatic carbocycles. The molecule has 2 aliphatic heterocycles. The molecule has 33 heavy (non-hydrogen) atoms. The standard InChI is InChI=1S/C25H17F5N2O/c26-17-10-11-18(19(27)12-17)22-23(15-4-2-1-3-5-15)32-21(33)13-20(31-24(22)32)14-6-8-16(9-7-14)25(28,29)30/h1-13,22-24,31H. The summed E-state index contributed by atoms with van der Waals surface area (Å²) in [7, 11) is 0. The Hall–Kier alpha value is -3.68. The molecule has 3 nitrogen and oxygen atoms in total. The number of carbonyl (C=O) groups excluding carboxylic acids is 1. The minimum atomic E-state index is -4.47. The summed E-state index contributed by atoms with van der Waals surface area (Å²) in [6.07, 6.45) is -3.79. The van der Waals surface area contributed by atoms with Gasteiger partial charge in [0.15, 0.2) is 0 Å². The molecule has 3 atom stereocenters. The number of fused-ring (bicyclic) bond motifs is 1. The van der Waals surface area contributed by atoms with Crippen molar-refractivity contribution in [3.63, 3.8) is 0 Å². The summed E-state index contributed by atoms with van der Waals surface area (Å²) in [5.74, 6) is -2.31. The molecule has 0 bridgehead atoms. The van der Waals surface area contributed by atoms with Crippen LogP contribution in [0.4, 0.5) is 22.0 Å². The molecule has 1 N–H and O–H groups in total. The van der Waals surface area contributed by atoms with Crippen LogP contribution in [-0.4, -0.2) is 17.0 Å². The van der Waals surface area contributed by atoms with Crippen LogP contribution in [0.25, 0.3) is 5.70 Å². The van der Waals surface area contributed by atoms with Crippen LogP contribution in [0.5, 0.6) is 0 Å². The topological polar surface area (TPSA) is 32.3 Å². The van der Waals surface area contributed by atoms with Gasteiger partial charge < -0.3 is 10.2 Å². The molecular formula is C25H17F5N2O. The van der Waals surface area contributed by atoms with E-state index >= 15 is 0 Å². The molecule has 1 fully saturated rings. The molecular weight excluding hydrogens is 439 g/mol. The van der Waals surface area contributed by atoms with E-state index in [0.29, 0.717) is 11.3 Å². The number of halogens is 5. The average Bonchev–Trinajstić information content (AvgIpc) is 2.77. The average molecular weight is 456 g/mol. The van der Waals surface area contributed by atoms with Crippen molar-refractivity contribution in [3.05, 3.63) is 113 Å². The Bertz CT molecular complexity index is 1240. The van der Waals surface area contributed by atoms with Crippen LogP contribution in [0.3, 0.4) is 0 Å². The van der Waals surface area contributed by atoms with Gasteiger partial charge in [-0.2, -0.15) is 13.2 Å². The van der Waals surface area contributed by atoms with Crippen LogP contribution in [0, 0.1) is 11.6 Å². The Morgan fingerprint density at radius 2 is 1.58 bits per heavy atom. The molecule has 0 saturated carbocycles. The predicted octanol–water partition coefficient (Wildman–Crippen LogP) is 5.62. The van der Waals surface area contributed by atoms with Gasteiger partial charge in [0.25, 0.3) is 5.91 Å². The Morgan fingerprint density at radius 3 is 2.21 bits per heavy atom. The third-order valence-electron chi connectivity index (χ3n) is 6.09. The normalized spacial score (nSPS) is 22.2. The quantitative estimate of drug-likeness (QED) is 0.519. The molecule has 1 amide bonds. The van der Waals surface area contributed by atoms with Gasteiger partial charge in [-0.25, -0.2) is 8.78 Å². The summed E-state index contributed by atoms with van der Waals surface area (Å²) in [4.78, 5) is 14.6. The Labute approximate surface area is 186 Å². The van der Waals surface area contributed by atoms with Crippen molar-refractivity contribution in [1.29, 1.82) is 0 Å². The van der Waals surface area contributed by atoms with E-state index in [9.17, 15) is 26.7 Å². The molecule has 0 aromatic heterocycles. The van der Waals surface area contributed by atoms with E-state index in [1.165, 1.54) is 30.3 Å². The highest BCUT2D eigenvalue weighted by molar-refractivity contribution is 5.98. The Balaban J connectivity index is 1.53. The highest BCUT2D eigenvalue weighted by atomic mass is 19.4. The van der Waals surface area contributed by atoms with Crippen LogP contribution in [-0.2, 0) is 11.0 Å². The van der Waals surface area contributed by atoms with Crippen molar-refractivity contribution < 1.29 is 26.7 Å². The lowest BCUT2D eigenvalue weighted by molar-refractivity contribution is -0.145. The number of nitrogens with one attached hydrogen (secondary N) is 1. The molecule has 1 saturated heterocycles. The van der Waals surface area contributed by atoms with Gasteiger partial charge in [-0.3, -0.25) is 4.79 Å². The highest BCUT2D eigenvalue weighted by Crippen LogP contribution is 2.52. The maximum absolute atomic E-state index is 14.8. The third-order valence-corrected chi connectivity index (χ3v) is 6.09. The molecule has 3 aromatic rings. The fourth-order valence-corrected chi connectivity index (χ4v) is 4.56. The van der Waals surface area contributed by atoms with Gasteiger partial charge in [0.1, 0.15) is 17.8 Å². The first-order valence-corrected chi connectivity index (χ1v) is 10.2. The molecule has 5 rings (SSSR count). The van der Waals surface area contributed by atoms with E-state index in [-0.39, 0.29) is 11.5 Å². The molecule has 0 spiro atoms. The predicted molar refractivity (Wildman–Crippen MR) is 111 cm³/mol. The fourth-order valence-electron chi connectivity index (χ4n) is 4.56. The smallest absolute Gasteiger partial charge is 0.364 e. The monoisotopic (exact) mass is 456 g/mol. The molecule has 0 aliphatic carbocycles. The largest absolute Gasteiger partial charge is 0.416 e. The number of nitrogens with zero attached hydrogens (tertiary/aromatic N) is 1. The van der Waals surface area contributed by atoms with Crippen molar-refractivity contribution in [2.45, 2.75) is 24.3 Å². The number of hydrogen-bond acceptors (Lipinski definition) is 2. The molecule has 8 heteroatoms. The van der Waals surface area contributed by atoms with Crippen LogP contribution >= 0.6 is 0 Å². The number of amides is 1. The Kier molecular flexibility index (Phi) is 4.96. The summed E-state index contributed by atoms with van der Waals surface area (Å²) in [6.45, 7) is 0. The zero-order chi connectivity index (χ0) is 23.3. The van der Waals surface area contributed by atoms with E-state index < -0.39 is 41.5 Å². The minimum Gasteiger partial charge on any atom is -0.364 e. The molecule has 2 heterocycles. The number of rotatable bonds is 3. The van der Waals surface area contributed by atoms with Gasteiger partial charge in [-0.05, 0) is 34.9 Å². The summed E-state index contributed by atoms with van der Waals surface area (Å²) in [6, 6.07) is 16.4. The second kappa shape index (κ2) is 7.72. The lowest BCUT2D eigenvalue weighted by Gasteiger charge is -2.57. The lowest BCUT2D eigenvalue weighted by atomic mass is 9.74. The Morgan fingerprint density at radius 1 is 0.879 bits per heavy atom. The number of hydrogen-bond donors (Lipinski definition) is 1. The first kappa shape index (κ1) is 21.2. The molecule has 2 aliphatic rings. The summed E-state index contributed by atoms with van der Waals surface area (Å²) < 4.78 is 67.0.